The van der Waals surface area contributed by atoms with Crippen LogP contribution in [0.3, 0.4) is 0 Å². The molecule has 0 aliphatic rings. The molecule has 0 N–H and O–H groups in total. The molecule has 2 rings (SSSR count). The predicted octanol–water partition coefficient (Wildman–Crippen LogP) is 3.19. The molecule has 2 aromatic carbocycles. The van der Waals surface area contributed by atoms with Crippen molar-refractivity contribution in [1.29, 1.82) is 0 Å². The first-order valence-corrected chi connectivity index (χ1v) is 8.91. The molecule has 0 saturated carbocycles. The number of nitro benzene ring substituents is 1. The maximum Gasteiger partial charge on any atom is 0.269 e. The molecule has 0 saturated heterocycles. The van der Waals surface area contributed by atoms with Crippen LogP contribution in [0, 0.1) is 10.1 Å². The quantitative estimate of drug-likeness (QED) is 0.435. The van der Waals surface area contributed by atoms with Gasteiger partial charge in [-0.05, 0) is 24.3 Å². The molecular formula is C14H13BrN2O4S. The van der Waals surface area contributed by atoms with E-state index in [0.717, 1.165) is 0 Å². The molecule has 0 radical (unpaired) electrons. The Morgan fingerprint density at radius 1 is 1.05 bits per heavy atom. The van der Waals surface area contributed by atoms with Crippen LogP contribution in [0.1, 0.15) is 0 Å². The first kappa shape index (κ1) is 16.4. The summed E-state index contributed by atoms with van der Waals surface area (Å²) in [5, 5.41) is 11.1. The Kier molecular flexibility index (Phi) is 5.15. The van der Waals surface area contributed by atoms with E-state index in [1.165, 1.54) is 40.7 Å². The number of anilines is 1. The van der Waals surface area contributed by atoms with Crippen molar-refractivity contribution in [2.24, 2.45) is 0 Å². The molecule has 0 atom stereocenters. The van der Waals surface area contributed by atoms with Gasteiger partial charge in [0, 0.05) is 24.0 Å². The van der Waals surface area contributed by atoms with Crippen molar-refractivity contribution >= 4 is 37.3 Å². The Balaban J connectivity index is 2.44. The van der Waals surface area contributed by atoms with Crippen molar-refractivity contribution in [2.75, 3.05) is 16.2 Å². The fourth-order valence-corrected chi connectivity index (χ4v) is 4.00. The number of nitrogens with zero attached hydrogens (tertiary/aromatic N) is 2. The Morgan fingerprint density at radius 2 is 1.64 bits per heavy atom. The first-order chi connectivity index (χ1) is 10.5. The molecule has 0 aliphatic carbocycles. The maximum absolute atomic E-state index is 12.7. The summed E-state index contributed by atoms with van der Waals surface area (Å²) >= 11 is 3.24. The standard InChI is InChI=1S/C14H13BrN2O4S/c15-10-11-16(12-6-8-13(9-7-12)17(18)19)22(20,21)14-4-2-1-3-5-14/h1-9H,10-11H2. The van der Waals surface area contributed by atoms with Crippen LogP contribution in [0.5, 0.6) is 0 Å². The Morgan fingerprint density at radius 3 is 2.14 bits per heavy atom. The van der Waals surface area contributed by atoms with Crippen LogP contribution in [-0.4, -0.2) is 25.2 Å². The summed E-state index contributed by atoms with van der Waals surface area (Å²) < 4.78 is 26.6. The summed E-state index contributed by atoms with van der Waals surface area (Å²) in [4.78, 5) is 10.3. The predicted molar refractivity (Wildman–Crippen MR) is 87.9 cm³/mol. The molecule has 0 amide bonds. The number of halogens is 1. The fourth-order valence-electron chi connectivity index (χ4n) is 1.93. The van der Waals surface area contributed by atoms with E-state index in [9.17, 15) is 18.5 Å². The van der Waals surface area contributed by atoms with E-state index in [0.29, 0.717) is 11.0 Å². The minimum Gasteiger partial charge on any atom is -0.265 e. The lowest BCUT2D eigenvalue weighted by Crippen LogP contribution is -2.32. The topological polar surface area (TPSA) is 80.5 Å². The summed E-state index contributed by atoms with van der Waals surface area (Å²) in [7, 11) is -3.72. The molecule has 0 spiro atoms. The zero-order valence-electron chi connectivity index (χ0n) is 11.4. The van der Waals surface area contributed by atoms with Gasteiger partial charge in [0.2, 0.25) is 0 Å². The molecule has 0 bridgehead atoms. The maximum atomic E-state index is 12.7. The van der Waals surface area contributed by atoms with Crippen LogP contribution in [-0.2, 0) is 10.0 Å². The minimum absolute atomic E-state index is 0.0837. The van der Waals surface area contributed by atoms with Gasteiger partial charge in [0.15, 0.2) is 0 Å². The number of hydrogen-bond acceptors (Lipinski definition) is 4. The lowest BCUT2D eigenvalue weighted by molar-refractivity contribution is -0.384. The molecule has 0 unspecified atom stereocenters. The van der Waals surface area contributed by atoms with Gasteiger partial charge in [-0.2, -0.15) is 0 Å². The minimum atomic E-state index is -3.72. The first-order valence-electron chi connectivity index (χ1n) is 6.35. The highest BCUT2D eigenvalue weighted by Crippen LogP contribution is 2.25. The van der Waals surface area contributed by atoms with E-state index in [1.54, 1.807) is 18.2 Å². The van der Waals surface area contributed by atoms with Gasteiger partial charge < -0.3 is 0 Å². The molecule has 2 aromatic rings. The van der Waals surface area contributed by atoms with Gasteiger partial charge >= 0.3 is 0 Å². The summed E-state index contributed by atoms with van der Waals surface area (Å²) in [6.45, 7) is 0.217. The van der Waals surface area contributed by atoms with E-state index >= 15 is 0 Å². The molecule has 0 aromatic heterocycles. The third kappa shape index (κ3) is 3.45. The van der Waals surface area contributed by atoms with E-state index in [4.69, 9.17) is 0 Å². The number of non-ortho nitro benzene ring substituents is 1. The normalized spacial score (nSPS) is 11.1. The van der Waals surface area contributed by atoms with Crippen LogP contribution < -0.4 is 4.31 Å². The van der Waals surface area contributed by atoms with Crippen molar-refractivity contribution in [3.63, 3.8) is 0 Å². The van der Waals surface area contributed by atoms with Crippen LogP contribution in [0.15, 0.2) is 59.5 Å². The SMILES string of the molecule is O=[N+]([O-])c1ccc(N(CCBr)S(=O)(=O)c2ccccc2)cc1. The smallest absolute Gasteiger partial charge is 0.265 e. The summed E-state index contributed by atoms with van der Waals surface area (Å²) in [6.07, 6.45) is 0. The highest BCUT2D eigenvalue weighted by molar-refractivity contribution is 9.09. The zero-order valence-corrected chi connectivity index (χ0v) is 13.8. The largest absolute Gasteiger partial charge is 0.269 e. The second kappa shape index (κ2) is 6.89. The number of sulfonamides is 1. The number of nitro groups is 1. The Labute approximate surface area is 136 Å². The van der Waals surface area contributed by atoms with Gasteiger partial charge in [-0.3, -0.25) is 14.4 Å². The van der Waals surface area contributed by atoms with Gasteiger partial charge in [-0.25, -0.2) is 8.42 Å². The van der Waals surface area contributed by atoms with Crippen LogP contribution in [0.4, 0.5) is 11.4 Å². The van der Waals surface area contributed by atoms with Gasteiger partial charge in [0.1, 0.15) is 0 Å². The highest BCUT2D eigenvalue weighted by atomic mass is 79.9. The van der Waals surface area contributed by atoms with Gasteiger partial charge in [0.25, 0.3) is 15.7 Å². The van der Waals surface area contributed by atoms with Gasteiger partial charge in [-0.15, -0.1) is 0 Å². The number of benzene rings is 2. The van der Waals surface area contributed by atoms with E-state index in [1.807, 2.05) is 0 Å². The average Bonchev–Trinajstić information content (AvgIpc) is 2.53. The zero-order chi connectivity index (χ0) is 16.2. The summed E-state index contributed by atoms with van der Waals surface area (Å²) in [5.74, 6) is 0. The number of hydrogen-bond donors (Lipinski definition) is 0. The molecule has 0 fully saturated rings. The summed E-state index contributed by atoms with van der Waals surface area (Å²) in [6, 6.07) is 13.5. The number of rotatable bonds is 6. The van der Waals surface area contributed by atoms with Crippen molar-refractivity contribution in [2.45, 2.75) is 4.90 Å². The highest BCUT2D eigenvalue weighted by Gasteiger charge is 2.24. The second-order valence-corrected chi connectivity index (χ2v) is 7.01. The lowest BCUT2D eigenvalue weighted by Gasteiger charge is -2.23. The Bertz CT molecular complexity index is 748. The molecule has 6 nitrogen and oxygen atoms in total. The van der Waals surface area contributed by atoms with E-state index < -0.39 is 14.9 Å². The fraction of sp³-hybridized carbons (Fsp3) is 0.143. The monoisotopic (exact) mass is 384 g/mol. The van der Waals surface area contributed by atoms with Crippen LogP contribution >= 0.6 is 15.9 Å². The molecule has 22 heavy (non-hydrogen) atoms. The van der Waals surface area contributed by atoms with E-state index in [2.05, 4.69) is 15.9 Å². The molecule has 116 valence electrons. The molecule has 0 aliphatic heterocycles. The summed E-state index contributed by atoms with van der Waals surface area (Å²) in [5.41, 5.74) is 0.300. The van der Waals surface area contributed by atoms with Crippen molar-refractivity contribution in [3.05, 3.63) is 64.7 Å². The van der Waals surface area contributed by atoms with Gasteiger partial charge in [-0.1, -0.05) is 34.1 Å². The Hall–Kier alpha value is -1.93. The molecule has 8 heteroatoms. The van der Waals surface area contributed by atoms with Crippen LogP contribution in [0.25, 0.3) is 0 Å². The average molecular weight is 385 g/mol. The lowest BCUT2D eigenvalue weighted by atomic mass is 10.3. The van der Waals surface area contributed by atoms with Crippen molar-refractivity contribution < 1.29 is 13.3 Å². The second-order valence-electron chi connectivity index (χ2n) is 4.35. The van der Waals surface area contributed by atoms with E-state index in [-0.39, 0.29) is 17.1 Å². The van der Waals surface area contributed by atoms with Gasteiger partial charge in [0.05, 0.1) is 15.5 Å². The van der Waals surface area contributed by atoms with Crippen LogP contribution in [0.2, 0.25) is 0 Å². The molecular weight excluding hydrogens is 372 g/mol. The van der Waals surface area contributed by atoms with Crippen molar-refractivity contribution in [3.8, 4) is 0 Å². The van der Waals surface area contributed by atoms with Crippen molar-refractivity contribution in [1.82, 2.24) is 0 Å². The third-order valence-corrected chi connectivity index (χ3v) is 5.16. The number of alkyl halides is 1. The third-order valence-electron chi connectivity index (χ3n) is 2.97. The molecule has 0 heterocycles.